The molecule has 1 fully saturated rings. The first-order chi connectivity index (χ1) is 14.9. The predicted molar refractivity (Wildman–Crippen MR) is 116 cm³/mol. The van der Waals surface area contributed by atoms with E-state index in [1.54, 1.807) is 21.9 Å². The molecule has 3 amide bonds. The Morgan fingerprint density at radius 1 is 1.00 bits per heavy atom. The summed E-state index contributed by atoms with van der Waals surface area (Å²) in [4.78, 5) is 36.7. The highest BCUT2D eigenvalue weighted by Gasteiger charge is 2.29. The summed E-state index contributed by atoms with van der Waals surface area (Å²) in [6.45, 7) is 5.55. The van der Waals surface area contributed by atoms with Crippen molar-refractivity contribution >= 4 is 23.0 Å². The van der Waals surface area contributed by atoms with Gasteiger partial charge in [-0.15, -0.1) is 0 Å². The van der Waals surface area contributed by atoms with E-state index in [1.807, 2.05) is 38.1 Å². The number of imidazole rings is 1. The van der Waals surface area contributed by atoms with Crippen LogP contribution >= 0.6 is 0 Å². The monoisotopic (exact) mass is 423 g/mol. The van der Waals surface area contributed by atoms with E-state index in [9.17, 15) is 14.0 Å². The number of carbonyl (C=O) groups is 2. The highest BCUT2D eigenvalue weighted by Crippen LogP contribution is 2.23. The van der Waals surface area contributed by atoms with Crippen LogP contribution in [0.15, 0.2) is 48.5 Å². The molecule has 2 heterocycles. The number of fused-ring (bicyclic) bond motifs is 1. The van der Waals surface area contributed by atoms with Crippen LogP contribution < -0.4 is 5.32 Å². The van der Waals surface area contributed by atoms with Crippen molar-refractivity contribution in [3.63, 3.8) is 0 Å². The Morgan fingerprint density at radius 3 is 2.32 bits per heavy atom. The van der Waals surface area contributed by atoms with Crippen LogP contribution in [0.4, 0.5) is 9.18 Å². The van der Waals surface area contributed by atoms with Crippen LogP contribution in [0, 0.1) is 11.7 Å². The van der Waals surface area contributed by atoms with E-state index >= 15 is 0 Å². The Morgan fingerprint density at radius 2 is 1.65 bits per heavy atom. The van der Waals surface area contributed by atoms with Crippen molar-refractivity contribution in [1.82, 2.24) is 25.1 Å². The van der Waals surface area contributed by atoms with Gasteiger partial charge in [0.25, 0.3) is 5.91 Å². The van der Waals surface area contributed by atoms with Gasteiger partial charge in [-0.3, -0.25) is 4.79 Å². The Hall–Kier alpha value is -3.42. The Balaban J connectivity index is 1.39. The highest BCUT2D eigenvalue weighted by molar-refractivity contribution is 5.94. The molecule has 1 saturated heterocycles. The summed E-state index contributed by atoms with van der Waals surface area (Å²) in [6, 6.07) is 13.3. The van der Waals surface area contributed by atoms with Gasteiger partial charge in [-0.25, -0.2) is 14.2 Å². The Kier molecular flexibility index (Phi) is 5.88. The normalized spacial score (nSPS) is 15.4. The molecule has 1 aliphatic heterocycles. The first kappa shape index (κ1) is 20.8. The lowest BCUT2D eigenvalue weighted by atomic mass is 10.0. The topological polar surface area (TPSA) is 81.3 Å². The van der Waals surface area contributed by atoms with Crippen molar-refractivity contribution in [3.8, 4) is 0 Å². The fourth-order valence-electron chi connectivity index (χ4n) is 3.81. The minimum atomic E-state index is -0.529. The number of hydrogen-bond donors (Lipinski definition) is 2. The van der Waals surface area contributed by atoms with E-state index in [0.29, 0.717) is 26.2 Å². The number of rotatable bonds is 4. The van der Waals surface area contributed by atoms with E-state index in [0.717, 1.165) is 16.9 Å². The molecule has 1 aliphatic rings. The largest absolute Gasteiger partial charge is 0.340 e. The van der Waals surface area contributed by atoms with Gasteiger partial charge in [0.2, 0.25) is 0 Å². The van der Waals surface area contributed by atoms with Crippen molar-refractivity contribution in [3.05, 3.63) is 65.7 Å². The summed E-state index contributed by atoms with van der Waals surface area (Å²) >= 11 is 0. The van der Waals surface area contributed by atoms with Crippen molar-refractivity contribution < 1.29 is 14.0 Å². The molecule has 2 N–H and O–H groups in total. The fourth-order valence-corrected chi connectivity index (χ4v) is 3.81. The van der Waals surface area contributed by atoms with Crippen LogP contribution in [0.1, 0.15) is 36.1 Å². The summed E-state index contributed by atoms with van der Waals surface area (Å²) in [7, 11) is 0. The average Bonchev–Trinajstić information content (AvgIpc) is 3.21. The van der Waals surface area contributed by atoms with Gasteiger partial charge < -0.3 is 20.1 Å². The molecule has 0 saturated carbocycles. The van der Waals surface area contributed by atoms with Crippen molar-refractivity contribution in [1.29, 1.82) is 0 Å². The van der Waals surface area contributed by atoms with E-state index in [1.165, 1.54) is 12.1 Å². The zero-order valence-electron chi connectivity index (χ0n) is 17.6. The van der Waals surface area contributed by atoms with Crippen molar-refractivity contribution in [2.75, 3.05) is 26.2 Å². The molecule has 162 valence electrons. The summed E-state index contributed by atoms with van der Waals surface area (Å²) < 4.78 is 13.9. The lowest BCUT2D eigenvalue weighted by Crippen LogP contribution is -2.54. The first-order valence-corrected chi connectivity index (χ1v) is 10.5. The number of aromatic nitrogens is 2. The van der Waals surface area contributed by atoms with Gasteiger partial charge in [-0.1, -0.05) is 38.1 Å². The molecular formula is C23H26FN5O2. The molecule has 3 aromatic rings. The minimum Gasteiger partial charge on any atom is -0.340 e. The molecule has 1 aromatic heterocycles. The zero-order valence-corrected chi connectivity index (χ0v) is 17.6. The van der Waals surface area contributed by atoms with Gasteiger partial charge in [-0.05, 0) is 30.2 Å². The average molecular weight is 423 g/mol. The number of amides is 3. The van der Waals surface area contributed by atoms with Gasteiger partial charge >= 0.3 is 6.03 Å². The quantitative estimate of drug-likeness (QED) is 0.673. The number of H-pyrrole nitrogens is 1. The van der Waals surface area contributed by atoms with Crippen LogP contribution in [0.2, 0.25) is 0 Å². The molecule has 0 aliphatic carbocycles. The molecule has 0 spiro atoms. The van der Waals surface area contributed by atoms with Gasteiger partial charge in [0.05, 0.1) is 22.6 Å². The van der Waals surface area contributed by atoms with E-state index in [4.69, 9.17) is 0 Å². The summed E-state index contributed by atoms with van der Waals surface area (Å²) in [5.41, 5.74) is 1.85. The van der Waals surface area contributed by atoms with Gasteiger partial charge in [0.15, 0.2) is 0 Å². The van der Waals surface area contributed by atoms with Crippen LogP contribution in [0.5, 0.6) is 0 Å². The lowest BCUT2D eigenvalue weighted by molar-refractivity contribution is 0.0657. The molecule has 7 nitrogen and oxygen atoms in total. The lowest BCUT2D eigenvalue weighted by Gasteiger charge is -2.35. The van der Waals surface area contributed by atoms with E-state index < -0.39 is 5.82 Å². The fraction of sp³-hybridized carbons (Fsp3) is 0.348. The SMILES string of the molecule is CC(C)C(NC(=O)N1CCN(C(=O)c2ccccc2F)CC1)c1nc2ccccc2[nH]1. The van der Waals surface area contributed by atoms with Crippen LogP contribution in [-0.2, 0) is 0 Å². The molecule has 0 bridgehead atoms. The van der Waals surface area contributed by atoms with Crippen LogP contribution in [0.25, 0.3) is 11.0 Å². The third-order valence-electron chi connectivity index (χ3n) is 5.61. The molecule has 1 unspecified atom stereocenters. The second-order valence-electron chi connectivity index (χ2n) is 8.07. The second kappa shape index (κ2) is 8.75. The minimum absolute atomic E-state index is 0.0603. The predicted octanol–water partition coefficient (Wildman–Crippen LogP) is 3.57. The van der Waals surface area contributed by atoms with Gasteiger partial charge in [0.1, 0.15) is 11.6 Å². The number of hydrogen-bond acceptors (Lipinski definition) is 3. The van der Waals surface area contributed by atoms with Crippen LogP contribution in [-0.4, -0.2) is 57.9 Å². The van der Waals surface area contributed by atoms with Crippen molar-refractivity contribution in [2.24, 2.45) is 5.92 Å². The summed E-state index contributed by atoms with van der Waals surface area (Å²) in [5, 5.41) is 3.08. The maximum absolute atomic E-state index is 13.9. The number of aromatic amines is 1. The smallest absolute Gasteiger partial charge is 0.318 e. The number of halogens is 1. The number of urea groups is 1. The molecular weight excluding hydrogens is 397 g/mol. The maximum Gasteiger partial charge on any atom is 0.318 e. The molecule has 0 radical (unpaired) electrons. The second-order valence-corrected chi connectivity index (χ2v) is 8.07. The Bertz CT molecular complexity index is 1060. The van der Waals surface area contributed by atoms with E-state index in [2.05, 4.69) is 15.3 Å². The standard InChI is InChI=1S/C23H26FN5O2/c1-15(2)20(21-25-18-9-5-6-10-19(18)26-21)27-23(31)29-13-11-28(12-14-29)22(30)16-7-3-4-8-17(16)24/h3-10,15,20H,11-14H2,1-2H3,(H,25,26)(H,27,31). The Labute approximate surface area is 180 Å². The summed E-state index contributed by atoms with van der Waals surface area (Å²) in [6.07, 6.45) is 0. The summed E-state index contributed by atoms with van der Waals surface area (Å²) in [5.74, 6) is -0.0230. The maximum atomic E-state index is 13.9. The van der Waals surface area contributed by atoms with Gasteiger partial charge in [0, 0.05) is 26.2 Å². The number of nitrogens with zero attached hydrogens (tertiary/aromatic N) is 3. The number of para-hydroxylation sites is 2. The zero-order chi connectivity index (χ0) is 22.0. The number of benzene rings is 2. The number of piperazine rings is 1. The first-order valence-electron chi connectivity index (χ1n) is 10.5. The highest BCUT2D eigenvalue weighted by atomic mass is 19.1. The molecule has 31 heavy (non-hydrogen) atoms. The van der Waals surface area contributed by atoms with E-state index in [-0.39, 0.29) is 29.5 Å². The van der Waals surface area contributed by atoms with Gasteiger partial charge in [-0.2, -0.15) is 0 Å². The van der Waals surface area contributed by atoms with Crippen LogP contribution in [0.3, 0.4) is 0 Å². The molecule has 8 heteroatoms. The number of nitrogens with one attached hydrogen (secondary N) is 2. The number of carbonyl (C=O) groups excluding carboxylic acids is 2. The molecule has 2 aromatic carbocycles. The third kappa shape index (κ3) is 4.38. The third-order valence-corrected chi connectivity index (χ3v) is 5.61. The molecule has 1 atom stereocenters. The van der Waals surface area contributed by atoms with Crippen molar-refractivity contribution in [2.45, 2.75) is 19.9 Å². The molecule has 4 rings (SSSR count).